The Bertz CT molecular complexity index is 542. The Balaban J connectivity index is 1.50. The van der Waals surface area contributed by atoms with Crippen LogP contribution in [0.5, 0.6) is 0 Å². The van der Waals surface area contributed by atoms with Gasteiger partial charge in [0.1, 0.15) is 5.78 Å². The van der Waals surface area contributed by atoms with E-state index in [1.165, 1.54) is 44.9 Å². The van der Waals surface area contributed by atoms with Gasteiger partial charge in [0.15, 0.2) is 0 Å². The highest BCUT2D eigenvalue weighted by Gasteiger charge is 2.59. The number of carbonyl (C=O) groups is 1. The van der Waals surface area contributed by atoms with Gasteiger partial charge in [0.05, 0.1) is 6.10 Å². The molecular weight excluding hydrogens is 320 g/mol. The van der Waals surface area contributed by atoms with E-state index >= 15 is 0 Å². The number of fused-ring (bicyclic) bond motifs is 5. The molecule has 4 rings (SSSR count). The Hall–Kier alpha value is -0.370. The second-order valence-corrected chi connectivity index (χ2v) is 10.8. The smallest absolute Gasteiger partial charge is 0.132 e. The third-order valence-electron chi connectivity index (χ3n) is 10.0. The third kappa shape index (κ3) is 2.90. The van der Waals surface area contributed by atoms with Crippen molar-refractivity contribution in [3.05, 3.63) is 0 Å². The van der Waals surface area contributed by atoms with Gasteiger partial charge in [-0.1, -0.05) is 20.8 Å². The number of ketones is 1. The number of rotatable bonds is 4. The quantitative estimate of drug-likeness (QED) is 0.691. The summed E-state index contributed by atoms with van der Waals surface area (Å²) in [5, 5.41) is 10.2. The lowest BCUT2D eigenvalue weighted by molar-refractivity contribution is -0.128. The zero-order valence-electron chi connectivity index (χ0n) is 17.3. The van der Waals surface area contributed by atoms with Crippen LogP contribution < -0.4 is 0 Å². The van der Waals surface area contributed by atoms with E-state index in [0.717, 1.165) is 55.3 Å². The summed E-state index contributed by atoms with van der Waals surface area (Å²) in [5.74, 6) is 4.70. The number of aliphatic hydroxyl groups excluding tert-OH is 1. The van der Waals surface area contributed by atoms with Crippen molar-refractivity contribution in [3.63, 3.8) is 0 Å². The Morgan fingerprint density at radius 3 is 2.46 bits per heavy atom. The standard InChI is InChI=1S/C24H40O2/c1-4-18(25)8-5-16-7-10-21-20-9-6-17-15-19(26)11-13-24(17,3)22(20)12-14-23(16,21)2/h16-17,19-22,26H,4-15H2,1-3H3. The molecule has 0 radical (unpaired) electrons. The first kappa shape index (κ1) is 19.0. The molecule has 0 aromatic carbocycles. The molecule has 0 aromatic rings. The van der Waals surface area contributed by atoms with Crippen LogP contribution in [0.15, 0.2) is 0 Å². The van der Waals surface area contributed by atoms with Crippen molar-refractivity contribution < 1.29 is 9.90 Å². The van der Waals surface area contributed by atoms with Crippen LogP contribution in [0.4, 0.5) is 0 Å². The Morgan fingerprint density at radius 1 is 0.962 bits per heavy atom. The predicted molar refractivity (Wildman–Crippen MR) is 106 cm³/mol. The average molecular weight is 361 g/mol. The van der Waals surface area contributed by atoms with Gasteiger partial charge < -0.3 is 5.11 Å². The molecule has 4 saturated carbocycles. The normalized spacial score (nSPS) is 50.6. The van der Waals surface area contributed by atoms with Crippen LogP contribution in [0.2, 0.25) is 0 Å². The van der Waals surface area contributed by atoms with E-state index in [1.54, 1.807) is 0 Å². The van der Waals surface area contributed by atoms with Crippen molar-refractivity contribution in [1.82, 2.24) is 0 Å². The number of hydrogen-bond acceptors (Lipinski definition) is 2. The van der Waals surface area contributed by atoms with Gasteiger partial charge in [0.25, 0.3) is 0 Å². The second-order valence-electron chi connectivity index (χ2n) is 10.8. The first-order valence-corrected chi connectivity index (χ1v) is 11.6. The van der Waals surface area contributed by atoms with Crippen LogP contribution in [-0.2, 0) is 4.79 Å². The molecule has 2 nitrogen and oxygen atoms in total. The average Bonchev–Trinajstić information content (AvgIpc) is 2.96. The molecule has 8 unspecified atom stereocenters. The van der Waals surface area contributed by atoms with Gasteiger partial charge in [-0.2, -0.15) is 0 Å². The molecule has 0 aliphatic heterocycles. The summed E-state index contributed by atoms with van der Waals surface area (Å²) in [6.45, 7) is 7.17. The van der Waals surface area contributed by atoms with E-state index in [0.29, 0.717) is 23.0 Å². The van der Waals surface area contributed by atoms with Crippen molar-refractivity contribution in [3.8, 4) is 0 Å². The SMILES string of the molecule is CCC(=O)CCC1CCC2C3CCC4CC(O)CCC4(C)C3CCC12C. The van der Waals surface area contributed by atoms with Crippen molar-refractivity contribution in [2.24, 2.45) is 40.4 Å². The van der Waals surface area contributed by atoms with Gasteiger partial charge in [-0.15, -0.1) is 0 Å². The first-order chi connectivity index (χ1) is 12.4. The van der Waals surface area contributed by atoms with Crippen LogP contribution in [0.1, 0.15) is 97.8 Å². The van der Waals surface area contributed by atoms with Gasteiger partial charge in [0.2, 0.25) is 0 Å². The summed E-state index contributed by atoms with van der Waals surface area (Å²) in [6.07, 6.45) is 14.3. The van der Waals surface area contributed by atoms with Crippen LogP contribution in [0.3, 0.4) is 0 Å². The highest BCUT2D eigenvalue weighted by atomic mass is 16.3. The molecule has 4 aliphatic carbocycles. The summed E-state index contributed by atoms with van der Waals surface area (Å²) in [4.78, 5) is 11.9. The molecule has 0 amide bonds. The second kappa shape index (κ2) is 6.90. The molecule has 0 heterocycles. The Kier molecular flexibility index (Phi) is 5.04. The molecule has 0 saturated heterocycles. The molecule has 26 heavy (non-hydrogen) atoms. The zero-order valence-corrected chi connectivity index (χ0v) is 17.3. The minimum Gasteiger partial charge on any atom is -0.393 e. The summed E-state index contributed by atoms with van der Waals surface area (Å²) in [6, 6.07) is 0. The van der Waals surface area contributed by atoms with Crippen LogP contribution in [-0.4, -0.2) is 17.0 Å². The van der Waals surface area contributed by atoms with Gasteiger partial charge in [-0.25, -0.2) is 0 Å². The number of aliphatic hydroxyl groups is 1. The maximum Gasteiger partial charge on any atom is 0.132 e. The highest BCUT2D eigenvalue weighted by Crippen LogP contribution is 2.67. The van der Waals surface area contributed by atoms with E-state index in [1.807, 2.05) is 6.92 Å². The van der Waals surface area contributed by atoms with Crippen LogP contribution in [0, 0.1) is 40.4 Å². The van der Waals surface area contributed by atoms with E-state index in [-0.39, 0.29) is 6.10 Å². The maximum atomic E-state index is 11.9. The van der Waals surface area contributed by atoms with E-state index in [9.17, 15) is 9.90 Å². The first-order valence-electron chi connectivity index (χ1n) is 11.6. The molecule has 4 fully saturated rings. The van der Waals surface area contributed by atoms with E-state index in [4.69, 9.17) is 0 Å². The third-order valence-corrected chi connectivity index (χ3v) is 10.0. The number of hydrogen-bond donors (Lipinski definition) is 1. The molecule has 2 heteroatoms. The molecule has 0 bridgehead atoms. The summed E-state index contributed by atoms with van der Waals surface area (Å²) < 4.78 is 0. The lowest BCUT2D eigenvalue weighted by atomic mass is 9.44. The summed E-state index contributed by atoms with van der Waals surface area (Å²) in [7, 11) is 0. The fraction of sp³-hybridized carbons (Fsp3) is 0.958. The highest BCUT2D eigenvalue weighted by molar-refractivity contribution is 5.77. The van der Waals surface area contributed by atoms with Gasteiger partial charge in [0, 0.05) is 12.8 Å². The Morgan fingerprint density at radius 2 is 1.69 bits per heavy atom. The van der Waals surface area contributed by atoms with Crippen LogP contribution in [0.25, 0.3) is 0 Å². The topological polar surface area (TPSA) is 37.3 Å². The molecule has 0 aromatic heterocycles. The fourth-order valence-electron chi connectivity index (χ4n) is 8.33. The van der Waals surface area contributed by atoms with Crippen molar-refractivity contribution >= 4 is 5.78 Å². The Labute approximate surface area is 160 Å². The van der Waals surface area contributed by atoms with Gasteiger partial charge in [-0.05, 0) is 105 Å². The molecule has 148 valence electrons. The van der Waals surface area contributed by atoms with E-state index in [2.05, 4.69) is 13.8 Å². The fourth-order valence-corrected chi connectivity index (χ4v) is 8.33. The molecule has 1 N–H and O–H groups in total. The number of Topliss-reactive ketones (excluding diaryl/α,β-unsaturated/α-hetero) is 1. The maximum absolute atomic E-state index is 11.9. The lowest BCUT2D eigenvalue weighted by Crippen LogP contribution is -2.53. The molecule has 8 atom stereocenters. The van der Waals surface area contributed by atoms with Gasteiger partial charge >= 0.3 is 0 Å². The van der Waals surface area contributed by atoms with Crippen molar-refractivity contribution in [2.45, 2.75) is 104 Å². The van der Waals surface area contributed by atoms with E-state index < -0.39 is 0 Å². The molecule has 0 spiro atoms. The predicted octanol–water partition coefficient (Wildman–Crippen LogP) is 5.77. The zero-order chi connectivity index (χ0) is 18.5. The monoisotopic (exact) mass is 360 g/mol. The van der Waals surface area contributed by atoms with Gasteiger partial charge in [-0.3, -0.25) is 4.79 Å². The minimum absolute atomic E-state index is 0.0366. The number of carbonyl (C=O) groups excluding carboxylic acids is 1. The largest absolute Gasteiger partial charge is 0.393 e. The molecular formula is C24H40O2. The minimum atomic E-state index is -0.0366. The lowest BCUT2D eigenvalue weighted by Gasteiger charge is -2.61. The summed E-state index contributed by atoms with van der Waals surface area (Å²) in [5.41, 5.74) is 0.978. The van der Waals surface area contributed by atoms with Crippen LogP contribution >= 0.6 is 0 Å². The van der Waals surface area contributed by atoms with Crippen molar-refractivity contribution in [1.29, 1.82) is 0 Å². The summed E-state index contributed by atoms with van der Waals surface area (Å²) >= 11 is 0. The van der Waals surface area contributed by atoms with Crippen molar-refractivity contribution in [2.75, 3.05) is 0 Å². The molecule has 4 aliphatic rings.